The standard InChI is InChI=1S/C9H10F3NO3S/c1-5-4-13-7(3)8(6(5)2)16-17(14,15)9(10,11)12/h4H,1-3H3. The Kier molecular flexibility index (Phi) is 3.37. The Labute approximate surface area is 96.6 Å². The Morgan fingerprint density at radius 2 is 1.76 bits per heavy atom. The van der Waals surface area contributed by atoms with Gasteiger partial charge in [-0.2, -0.15) is 21.6 Å². The SMILES string of the molecule is Cc1cnc(C)c(OS(=O)(=O)C(F)(F)F)c1C. The summed E-state index contributed by atoms with van der Waals surface area (Å²) in [6, 6.07) is 0. The third-order valence-electron chi connectivity index (χ3n) is 2.19. The van der Waals surface area contributed by atoms with Crippen molar-refractivity contribution in [2.24, 2.45) is 0 Å². The zero-order valence-corrected chi connectivity index (χ0v) is 10.1. The van der Waals surface area contributed by atoms with E-state index in [1.165, 1.54) is 20.0 Å². The minimum atomic E-state index is -5.65. The first-order chi connectivity index (χ1) is 7.56. The predicted octanol–water partition coefficient (Wildman–Crippen LogP) is 2.24. The molecule has 1 rings (SSSR count). The first-order valence-corrected chi connectivity index (χ1v) is 5.90. The minimum absolute atomic E-state index is 0.0842. The van der Waals surface area contributed by atoms with Gasteiger partial charge < -0.3 is 4.18 Å². The van der Waals surface area contributed by atoms with E-state index in [2.05, 4.69) is 9.17 Å². The van der Waals surface area contributed by atoms with Crippen LogP contribution in [-0.2, 0) is 10.1 Å². The fourth-order valence-corrected chi connectivity index (χ4v) is 1.64. The van der Waals surface area contributed by atoms with E-state index >= 15 is 0 Å². The Balaban J connectivity index is 3.27. The Morgan fingerprint density at radius 1 is 1.24 bits per heavy atom. The molecule has 0 fully saturated rings. The van der Waals surface area contributed by atoms with Crippen LogP contribution < -0.4 is 4.18 Å². The summed E-state index contributed by atoms with van der Waals surface area (Å²) in [5.41, 5.74) is -4.51. The summed E-state index contributed by atoms with van der Waals surface area (Å²) in [5, 5.41) is 0. The van der Waals surface area contributed by atoms with Crippen molar-refractivity contribution in [3.05, 3.63) is 23.0 Å². The monoisotopic (exact) mass is 269 g/mol. The summed E-state index contributed by atoms with van der Waals surface area (Å²) in [4.78, 5) is 3.75. The molecule has 1 aromatic heterocycles. The first kappa shape index (κ1) is 13.8. The fourth-order valence-electron chi connectivity index (χ4n) is 1.08. The van der Waals surface area contributed by atoms with Crippen LogP contribution in [0.15, 0.2) is 6.20 Å². The highest BCUT2D eigenvalue weighted by atomic mass is 32.2. The summed E-state index contributed by atoms with van der Waals surface area (Å²) in [7, 11) is -5.65. The van der Waals surface area contributed by atoms with Gasteiger partial charge in [0, 0.05) is 6.20 Å². The van der Waals surface area contributed by atoms with Gasteiger partial charge in [-0.15, -0.1) is 0 Å². The van der Waals surface area contributed by atoms with Gasteiger partial charge >= 0.3 is 15.6 Å². The molecule has 0 amide bonds. The molecule has 0 N–H and O–H groups in total. The molecule has 0 saturated carbocycles. The van der Waals surface area contributed by atoms with E-state index in [4.69, 9.17) is 0 Å². The fraction of sp³-hybridized carbons (Fsp3) is 0.444. The van der Waals surface area contributed by atoms with Gasteiger partial charge in [-0.1, -0.05) is 0 Å². The van der Waals surface area contributed by atoms with E-state index in [1.807, 2.05) is 0 Å². The van der Waals surface area contributed by atoms with Crippen molar-refractivity contribution in [2.75, 3.05) is 0 Å². The Bertz CT molecular complexity index is 537. The average Bonchev–Trinajstić information content (AvgIpc) is 2.17. The molecular weight excluding hydrogens is 259 g/mol. The molecule has 0 aliphatic rings. The van der Waals surface area contributed by atoms with Gasteiger partial charge in [0.05, 0.1) is 5.69 Å². The van der Waals surface area contributed by atoms with Gasteiger partial charge in [-0.3, -0.25) is 4.98 Å². The number of aryl methyl sites for hydroxylation is 2. The number of alkyl halides is 3. The van der Waals surface area contributed by atoms with E-state index < -0.39 is 15.6 Å². The van der Waals surface area contributed by atoms with E-state index in [0.717, 1.165) is 0 Å². The number of pyridine rings is 1. The zero-order valence-electron chi connectivity index (χ0n) is 9.29. The third-order valence-corrected chi connectivity index (χ3v) is 3.14. The second-order valence-electron chi connectivity index (χ2n) is 3.46. The largest absolute Gasteiger partial charge is 0.534 e. The Morgan fingerprint density at radius 3 is 2.24 bits per heavy atom. The smallest absolute Gasteiger partial charge is 0.374 e. The van der Waals surface area contributed by atoms with Crippen LogP contribution in [0.1, 0.15) is 16.8 Å². The molecule has 0 aliphatic carbocycles. The average molecular weight is 269 g/mol. The van der Waals surface area contributed by atoms with Crippen molar-refractivity contribution in [3.63, 3.8) is 0 Å². The Hall–Kier alpha value is -1.31. The van der Waals surface area contributed by atoms with Crippen LogP contribution in [0.3, 0.4) is 0 Å². The van der Waals surface area contributed by atoms with Gasteiger partial charge in [0.15, 0.2) is 5.75 Å². The first-order valence-electron chi connectivity index (χ1n) is 4.50. The number of aromatic nitrogens is 1. The minimum Gasteiger partial charge on any atom is -0.374 e. The topological polar surface area (TPSA) is 56.3 Å². The van der Waals surface area contributed by atoms with E-state index in [0.29, 0.717) is 11.1 Å². The number of rotatable bonds is 2. The lowest BCUT2D eigenvalue weighted by Crippen LogP contribution is -2.28. The lowest BCUT2D eigenvalue weighted by atomic mass is 10.1. The van der Waals surface area contributed by atoms with Crippen LogP contribution in [0.2, 0.25) is 0 Å². The van der Waals surface area contributed by atoms with Crippen molar-refractivity contribution < 1.29 is 25.8 Å². The maximum absolute atomic E-state index is 12.1. The molecule has 0 radical (unpaired) electrons. The summed E-state index contributed by atoms with van der Waals surface area (Å²) >= 11 is 0. The van der Waals surface area contributed by atoms with Crippen LogP contribution in [0.25, 0.3) is 0 Å². The molecule has 8 heteroatoms. The summed E-state index contributed by atoms with van der Waals surface area (Å²) in [6.45, 7) is 4.42. The van der Waals surface area contributed by atoms with Gasteiger partial charge in [-0.25, -0.2) is 0 Å². The number of hydrogen-bond donors (Lipinski definition) is 0. The molecule has 0 atom stereocenters. The molecule has 0 saturated heterocycles. The van der Waals surface area contributed by atoms with Crippen molar-refractivity contribution >= 4 is 10.1 Å². The lowest BCUT2D eigenvalue weighted by molar-refractivity contribution is -0.0500. The van der Waals surface area contributed by atoms with Crippen molar-refractivity contribution in [2.45, 2.75) is 26.3 Å². The molecule has 0 bridgehead atoms. The van der Waals surface area contributed by atoms with E-state index in [9.17, 15) is 21.6 Å². The van der Waals surface area contributed by atoms with Gasteiger partial charge in [0.25, 0.3) is 0 Å². The zero-order chi connectivity index (χ0) is 13.4. The highest BCUT2D eigenvalue weighted by Gasteiger charge is 2.49. The summed E-state index contributed by atoms with van der Waals surface area (Å²) in [6.07, 6.45) is 1.43. The molecular formula is C9H10F3NO3S. The maximum Gasteiger partial charge on any atom is 0.534 e. The van der Waals surface area contributed by atoms with Crippen LogP contribution >= 0.6 is 0 Å². The quantitative estimate of drug-likeness (QED) is 0.610. The predicted molar refractivity (Wildman–Crippen MR) is 54.1 cm³/mol. The molecule has 4 nitrogen and oxygen atoms in total. The highest BCUT2D eigenvalue weighted by molar-refractivity contribution is 7.88. The lowest BCUT2D eigenvalue weighted by Gasteiger charge is -2.13. The van der Waals surface area contributed by atoms with Gasteiger partial charge in [0.2, 0.25) is 0 Å². The van der Waals surface area contributed by atoms with Crippen LogP contribution in [0, 0.1) is 20.8 Å². The molecule has 17 heavy (non-hydrogen) atoms. The summed E-state index contributed by atoms with van der Waals surface area (Å²) in [5.74, 6) is -0.373. The number of halogens is 3. The van der Waals surface area contributed by atoms with Gasteiger partial charge in [-0.05, 0) is 31.9 Å². The van der Waals surface area contributed by atoms with E-state index in [1.54, 1.807) is 6.92 Å². The van der Waals surface area contributed by atoms with Crippen molar-refractivity contribution in [3.8, 4) is 5.75 Å². The van der Waals surface area contributed by atoms with E-state index in [-0.39, 0.29) is 11.4 Å². The number of hydrogen-bond acceptors (Lipinski definition) is 4. The van der Waals surface area contributed by atoms with Crippen LogP contribution in [-0.4, -0.2) is 18.9 Å². The molecule has 0 unspecified atom stereocenters. The van der Waals surface area contributed by atoms with Gasteiger partial charge in [0.1, 0.15) is 0 Å². The third kappa shape index (κ3) is 2.68. The molecule has 1 aromatic rings. The molecule has 1 heterocycles. The van der Waals surface area contributed by atoms with Crippen LogP contribution in [0.4, 0.5) is 13.2 Å². The highest BCUT2D eigenvalue weighted by Crippen LogP contribution is 2.31. The van der Waals surface area contributed by atoms with Crippen LogP contribution in [0.5, 0.6) is 5.75 Å². The maximum atomic E-state index is 12.1. The molecule has 0 spiro atoms. The number of nitrogens with zero attached hydrogens (tertiary/aromatic N) is 1. The molecule has 0 aliphatic heterocycles. The molecule has 0 aromatic carbocycles. The van der Waals surface area contributed by atoms with Crippen molar-refractivity contribution in [1.82, 2.24) is 4.98 Å². The normalized spacial score (nSPS) is 12.6. The van der Waals surface area contributed by atoms with Crippen molar-refractivity contribution in [1.29, 1.82) is 0 Å². The second-order valence-corrected chi connectivity index (χ2v) is 5.00. The molecule has 96 valence electrons. The second kappa shape index (κ2) is 4.17. The summed E-state index contributed by atoms with van der Waals surface area (Å²) < 4.78 is 62.3.